The van der Waals surface area contributed by atoms with E-state index < -0.39 is 93.1 Å². The Bertz CT molecular complexity index is 1740. The van der Waals surface area contributed by atoms with Crippen LogP contribution < -0.4 is 10.1 Å². The van der Waals surface area contributed by atoms with Gasteiger partial charge in [0.05, 0.1) is 17.7 Å². The third-order valence-corrected chi connectivity index (χ3v) is 6.15. The maximum atomic E-state index is 16.0. The molecule has 0 saturated carbocycles. The molecule has 2 saturated heterocycles. The molecule has 0 spiro atoms. The molecule has 0 radical (unpaired) electrons. The summed E-state index contributed by atoms with van der Waals surface area (Å²) < 4.78 is 119. The van der Waals surface area contributed by atoms with Gasteiger partial charge in [-0.3, -0.25) is 24.6 Å². The van der Waals surface area contributed by atoms with Gasteiger partial charge in [0, 0.05) is 63.2 Å². The molecule has 5 rings (SSSR count). The molecule has 9 heteroatoms. The fraction of sp³-hybridized carbons (Fsp3) is 0.483. The third-order valence-electron chi connectivity index (χ3n) is 6.15. The van der Waals surface area contributed by atoms with Crippen LogP contribution in [0.5, 0.6) is 5.75 Å². The van der Waals surface area contributed by atoms with Crippen molar-refractivity contribution < 1.29 is 43.3 Å². The summed E-state index contributed by atoms with van der Waals surface area (Å²) in [6.45, 7) is -6.53. The van der Waals surface area contributed by atoms with Crippen molar-refractivity contribution in [3.05, 3.63) is 64.5 Å². The zero-order valence-electron chi connectivity index (χ0n) is 32.0. The Balaban J connectivity index is 1.41. The van der Waals surface area contributed by atoms with E-state index in [1.54, 1.807) is 5.32 Å². The zero-order chi connectivity index (χ0) is 36.9. The molecular formula is C29H34FN3O5. The second-order valence-electron chi connectivity index (χ2n) is 9.84. The molecule has 2 aromatic rings. The van der Waals surface area contributed by atoms with E-state index in [2.05, 4.69) is 0 Å². The van der Waals surface area contributed by atoms with Gasteiger partial charge in [0.2, 0.25) is 11.8 Å². The van der Waals surface area contributed by atoms with Crippen molar-refractivity contribution in [3.8, 4) is 5.75 Å². The van der Waals surface area contributed by atoms with Crippen LogP contribution in [-0.2, 0) is 34.0 Å². The average molecular weight is 535 g/mol. The van der Waals surface area contributed by atoms with Crippen LogP contribution in [0.4, 0.5) is 4.39 Å². The Morgan fingerprint density at radius 2 is 1.87 bits per heavy atom. The van der Waals surface area contributed by atoms with Crippen molar-refractivity contribution in [1.29, 1.82) is 0 Å². The molecule has 202 valence electrons. The van der Waals surface area contributed by atoms with E-state index in [1.807, 2.05) is 0 Å². The molecule has 38 heavy (non-hydrogen) atoms. The number of nitrogens with one attached hydrogen (secondary N) is 1. The van der Waals surface area contributed by atoms with E-state index in [1.165, 1.54) is 50.2 Å². The lowest BCUT2D eigenvalue weighted by Gasteiger charge is -2.47. The smallest absolute Gasteiger partial charge is 0.255 e. The summed E-state index contributed by atoms with van der Waals surface area (Å²) in [6, 6.07) is 6.36. The highest BCUT2D eigenvalue weighted by Gasteiger charge is 2.40. The van der Waals surface area contributed by atoms with Crippen LogP contribution in [0.3, 0.4) is 0 Å². The van der Waals surface area contributed by atoms with Gasteiger partial charge in [-0.1, -0.05) is 24.3 Å². The number of carbonyl (C=O) groups excluding carboxylic acids is 3. The highest BCUT2D eigenvalue weighted by atomic mass is 19.1. The molecule has 1 N–H and O–H groups in total. The second kappa shape index (κ2) is 9.78. The maximum absolute atomic E-state index is 16.0. The van der Waals surface area contributed by atoms with Crippen molar-refractivity contribution in [2.75, 3.05) is 13.0 Å². The standard InChI is InChI=1S/C29H34FN3O5/c1-28(2)16-32(17-29(3,4)38-28)13-18-7-5-8-19(25(18)30)15-37-23-10-6-9-20-21(23)14-33(27(20)36)22-11-12-24(34)31-26(22)35/h5-10,22H,11-17H2,1-4H3,(H,31,34,35)/i1D3,11D2,12D2,16D2,17D2. The largest absolute Gasteiger partial charge is 0.488 e. The van der Waals surface area contributed by atoms with E-state index in [4.69, 9.17) is 24.6 Å². The Kier molecular flexibility index (Phi) is 4.11. The lowest BCUT2D eigenvalue weighted by Crippen LogP contribution is -2.56. The van der Waals surface area contributed by atoms with Crippen molar-refractivity contribution in [2.24, 2.45) is 0 Å². The Labute approximate surface area is 237 Å². The van der Waals surface area contributed by atoms with Gasteiger partial charge in [-0.25, -0.2) is 4.39 Å². The predicted molar refractivity (Wildman–Crippen MR) is 138 cm³/mol. The Morgan fingerprint density at radius 1 is 1.13 bits per heavy atom. The number of rotatable bonds is 6. The summed E-state index contributed by atoms with van der Waals surface area (Å²) in [5.41, 5.74) is -4.35. The SMILES string of the molecule is [2H]C([2H])([2H])C1(C)OC(C)(C)C([2H])([2H])N(Cc2cccc(COc3cccc4c3CN(C3C(=O)NC(=O)C([2H])([2H])C3([2H])[2H])C4=O)c2F)C1([2H])[2H]. The molecule has 2 fully saturated rings. The van der Waals surface area contributed by atoms with E-state index in [0.717, 1.165) is 11.8 Å². The first-order valence-electron chi connectivity index (χ1n) is 17.4. The monoisotopic (exact) mass is 534 g/mol. The number of fused-ring (bicyclic) bond motifs is 1. The molecule has 0 aliphatic carbocycles. The summed E-state index contributed by atoms with van der Waals surface area (Å²) in [6.07, 6.45) is -6.22. The predicted octanol–water partition coefficient (Wildman–Crippen LogP) is 3.56. The maximum Gasteiger partial charge on any atom is 0.255 e. The minimum Gasteiger partial charge on any atom is -0.488 e. The summed E-state index contributed by atoms with van der Waals surface area (Å²) in [5.74, 6) is -4.30. The molecule has 3 aliphatic heterocycles. The number of carbonyl (C=O) groups is 3. The van der Waals surface area contributed by atoms with Crippen LogP contribution in [0.25, 0.3) is 0 Å². The number of halogens is 1. The number of benzene rings is 2. The lowest BCUT2D eigenvalue weighted by atomic mass is 9.98. The van der Waals surface area contributed by atoms with Gasteiger partial charge in [0.25, 0.3) is 5.91 Å². The number of amides is 3. The summed E-state index contributed by atoms with van der Waals surface area (Å²) >= 11 is 0. The number of nitrogens with zero attached hydrogens (tertiary/aromatic N) is 2. The van der Waals surface area contributed by atoms with Crippen LogP contribution in [-0.4, -0.2) is 57.8 Å². The molecule has 3 amide bonds. The number of imide groups is 1. The van der Waals surface area contributed by atoms with Gasteiger partial charge in [-0.2, -0.15) is 0 Å². The first-order chi connectivity index (χ1) is 22.2. The van der Waals surface area contributed by atoms with Gasteiger partial charge in [-0.15, -0.1) is 0 Å². The van der Waals surface area contributed by atoms with Gasteiger partial charge < -0.3 is 14.4 Å². The molecule has 2 aromatic carbocycles. The second-order valence-corrected chi connectivity index (χ2v) is 9.84. The van der Waals surface area contributed by atoms with E-state index in [-0.39, 0.29) is 28.0 Å². The number of hydrogen-bond donors (Lipinski definition) is 1. The van der Waals surface area contributed by atoms with Crippen LogP contribution in [0.15, 0.2) is 36.4 Å². The van der Waals surface area contributed by atoms with Crippen LogP contribution in [0.2, 0.25) is 0 Å². The van der Waals surface area contributed by atoms with Crippen molar-refractivity contribution in [2.45, 2.75) is 77.3 Å². The van der Waals surface area contributed by atoms with Gasteiger partial charge in [0.1, 0.15) is 24.2 Å². The van der Waals surface area contributed by atoms with Crippen LogP contribution >= 0.6 is 0 Å². The summed E-state index contributed by atoms with van der Waals surface area (Å²) in [5, 5.41) is 1.78. The molecule has 2 atom stereocenters. The fourth-order valence-corrected chi connectivity index (χ4v) is 4.74. The molecule has 3 heterocycles. The molecule has 0 aromatic heterocycles. The molecule has 0 bridgehead atoms. The Morgan fingerprint density at radius 3 is 2.66 bits per heavy atom. The average Bonchev–Trinajstić information content (AvgIpc) is 3.29. The number of hydrogen-bond acceptors (Lipinski definition) is 6. The number of piperidine rings is 1. The molecule has 3 aliphatic rings. The molecule has 8 nitrogen and oxygen atoms in total. The highest BCUT2D eigenvalue weighted by molar-refractivity contribution is 6.05. The van der Waals surface area contributed by atoms with Gasteiger partial charge in [-0.05, 0) is 46.1 Å². The third kappa shape index (κ3) is 5.31. The zero-order valence-corrected chi connectivity index (χ0v) is 21.0. The van der Waals surface area contributed by atoms with Crippen molar-refractivity contribution >= 4 is 17.7 Å². The van der Waals surface area contributed by atoms with Crippen molar-refractivity contribution in [1.82, 2.24) is 15.1 Å². The van der Waals surface area contributed by atoms with Crippen LogP contribution in [0.1, 0.15) is 82.5 Å². The fourth-order valence-electron chi connectivity index (χ4n) is 4.74. The van der Waals surface area contributed by atoms with Gasteiger partial charge in [0.15, 0.2) is 0 Å². The topological polar surface area (TPSA) is 88.2 Å². The van der Waals surface area contributed by atoms with Gasteiger partial charge >= 0.3 is 0 Å². The summed E-state index contributed by atoms with van der Waals surface area (Å²) in [4.78, 5) is 39.5. The first-order valence-corrected chi connectivity index (χ1v) is 11.9. The lowest BCUT2D eigenvalue weighted by molar-refractivity contribution is -0.182. The Hall–Kier alpha value is -3.30. The van der Waals surface area contributed by atoms with E-state index >= 15 is 4.39 Å². The number of ether oxygens (including phenoxy) is 2. The first kappa shape index (κ1) is 16.0. The molecular weight excluding hydrogens is 489 g/mol. The van der Waals surface area contributed by atoms with Crippen molar-refractivity contribution in [3.63, 3.8) is 0 Å². The van der Waals surface area contributed by atoms with E-state index in [9.17, 15) is 14.4 Å². The number of morpholine rings is 1. The van der Waals surface area contributed by atoms with Crippen LogP contribution in [0, 0.1) is 5.82 Å². The quantitative estimate of drug-likeness (QED) is 0.571. The molecule has 2 unspecified atom stereocenters. The minimum absolute atomic E-state index is 0.0180. The summed E-state index contributed by atoms with van der Waals surface area (Å²) in [7, 11) is 0. The minimum atomic E-state index is -3.13. The van der Waals surface area contributed by atoms with E-state index in [0.29, 0.717) is 4.90 Å². The normalized spacial score (nSPS) is 35.3. The highest BCUT2D eigenvalue weighted by Crippen LogP contribution is 2.34.